The molecule has 2 aromatic carbocycles. The molecule has 0 saturated heterocycles. The first-order valence-corrected chi connectivity index (χ1v) is 12.1. The van der Waals surface area contributed by atoms with Crippen LogP contribution >= 0.6 is 23.1 Å². The van der Waals surface area contributed by atoms with Gasteiger partial charge < -0.3 is 4.74 Å². The minimum Gasteiger partial charge on any atom is -0.462 e. The molecule has 9 heteroatoms. The molecule has 0 unspecified atom stereocenters. The quantitative estimate of drug-likeness (QED) is 0.249. The van der Waals surface area contributed by atoms with Gasteiger partial charge in [0.2, 0.25) is 5.43 Å². The summed E-state index contributed by atoms with van der Waals surface area (Å²) in [6, 6.07) is 10.6. The smallest absolute Gasteiger partial charge is 0.345 e. The SMILES string of the molecule is CCOC(=O)c1c(=O)c2cc(F)c(SCCc3cnccn3)cc2n2c1sc1ccccc12. The monoisotopic (exact) mass is 479 g/mol. The largest absolute Gasteiger partial charge is 0.462 e. The number of thioether (sulfide) groups is 1. The molecular formula is C24H18FN3O3S2. The lowest BCUT2D eigenvalue weighted by molar-refractivity contribution is 0.0527. The normalized spacial score (nSPS) is 11.5. The molecule has 5 aromatic rings. The molecule has 0 fully saturated rings. The number of esters is 1. The molecule has 0 aliphatic carbocycles. The molecule has 166 valence electrons. The van der Waals surface area contributed by atoms with Gasteiger partial charge in [-0.1, -0.05) is 12.1 Å². The first-order chi connectivity index (χ1) is 16.1. The molecule has 3 heterocycles. The van der Waals surface area contributed by atoms with Gasteiger partial charge in [0, 0.05) is 35.7 Å². The van der Waals surface area contributed by atoms with Crippen LogP contribution in [0.25, 0.3) is 25.9 Å². The molecular weight excluding hydrogens is 461 g/mol. The molecule has 5 rings (SSSR count). The number of halogens is 1. The highest BCUT2D eigenvalue weighted by Crippen LogP contribution is 2.34. The Morgan fingerprint density at radius 3 is 2.85 bits per heavy atom. The van der Waals surface area contributed by atoms with Crippen molar-refractivity contribution in [3.8, 4) is 0 Å². The maximum Gasteiger partial charge on any atom is 0.345 e. The van der Waals surface area contributed by atoms with E-state index >= 15 is 4.39 Å². The Balaban J connectivity index is 1.69. The van der Waals surface area contributed by atoms with Crippen LogP contribution in [0.2, 0.25) is 0 Å². The number of hydrogen-bond acceptors (Lipinski definition) is 7. The molecule has 6 nitrogen and oxygen atoms in total. The fourth-order valence-electron chi connectivity index (χ4n) is 3.75. The molecule has 0 saturated carbocycles. The average Bonchev–Trinajstić information content (AvgIpc) is 3.20. The van der Waals surface area contributed by atoms with Gasteiger partial charge in [0.1, 0.15) is 16.2 Å². The Bertz CT molecular complexity index is 1560. The number of carbonyl (C=O) groups is 1. The lowest BCUT2D eigenvalue weighted by atomic mass is 10.1. The van der Waals surface area contributed by atoms with Crippen LogP contribution in [0.15, 0.2) is 64.7 Å². The van der Waals surface area contributed by atoms with Crippen molar-refractivity contribution >= 4 is 55.0 Å². The van der Waals surface area contributed by atoms with Crippen molar-refractivity contribution in [2.75, 3.05) is 12.4 Å². The predicted octanol–water partition coefficient (Wildman–Crippen LogP) is 5.11. The molecule has 3 aromatic heterocycles. The van der Waals surface area contributed by atoms with E-state index < -0.39 is 17.2 Å². The van der Waals surface area contributed by atoms with E-state index in [1.54, 1.807) is 31.6 Å². The predicted molar refractivity (Wildman–Crippen MR) is 129 cm³/mol. The Morgan fingerprint density at radius 2 is 2.06 bits per heavy atom. The average molecular weight is 480 g/mol. The minimum atomic E-state index is -0.698. The molecule has 0 spiro atoms. The van der Waals surface area contributed by atoms with E-state index in [0.29, 0.717) is 27.4 Å². The van der Waals surface area contributed by atoms with E-state index in [0.717, 1.165) is 15.9 Å². The molecule has 0 atom stereocenters. The summed E-state index contributed by atoms with van der Waals surface area (Å²) in [5, 5.41) is 0.148. The minimum absolute atomic E-state index is 0.0620. The number of thiazole rings is 1. The number of para-hydroxylation sites is 1. The number of aromatic nitrogens is 3. The number of ether oxygens (including phenoxy) is 1. The molecule has 0 radical (unpaired) electrons. The van der Waals surface area contributed by atoms with E-state index in [1.165, 1.54) is 29.2 Å². The van der Waals surface area contributed by atoms with Gasteiger partial charge in [0.05, 0.1) is 33.4 Å². The van der Waals surface area contributed by atoms with Crippen LogP contribution in [0.3, 0.4) is 0 Å². The van der Waals surface area contributed by atoms with Crippen LogP contribution < -0.4 is 5.43 Å². The number of carbonyl (C=O) groups excluding carboxylic acids is 1. The van der Waals surface area contributed by atoms with Crippen LogP contribution in [0.4, 0.5) is 4.39 Å². The van der Waals surface area contributed by atoms with E-state index in [9.17, 15) is 9.59 Å². The highest BCUT2D eigenvalue weighted by Gasteiger charge is 2.24. The molecule has 33 heavy (non-hydrogen) atoms. The number of pyridine rings is 1. The second-order valence-corrected chi connectivity index (χ2v) is 9.40. The fourth-order valence-corrected chi connectivity index (χ4v) is 5.86. The van der Waals surface area contributed by atoms with E-state index in [4.69, 9.17) is 4.74 Å². The Kier molecular flexibility index (Phi) is 5.82. The molecule has 0 N–H and O–H groups in total. The zero-order chi connectivity index (χ0) is 22.9. The van der Waals surface area contributed by atoms with Crippen LogP contribution in [0.1, 0.15) is 23.0 Å². The third-order valence-corrected chi connectivity index (χ3v) is 7.38. The highest BCUT2D eigenvalue weighted by atomic mass is 32.2. The van der Waals surface area contributed by atoms with Crippen LogP contribution in [-0.2, 0) is 11.2 Å². The summed E-state index contributed by atoms with van der Waals surface area (Å²) >= 11 is 2.69. The second-order valence-electron chi connectivity index (χ2n) is 7.23. The molecule has 0 bridgehead atoms. The third kappa shape index (κ3) is 3.87. The standard InChI is InChI=1S/C24H18FN3O3S2/c1-2-31-24(30)21-22(29)15-11-16(25)20(32-10-7-14-13-26-8-9-27-14)12-18(15)28-17-5-3-4-6-19(17)33-23(21)28/h3-6,8-9,11-13H,2,7,10H2,1H3. The number of fused-ring (bicyclic) bond motifs is 5. The number of rotatable bonds is 6. The fraction of sp³-hybridized carbons (Fsp3) is 0.167. The number of hydrogen-bond donors (Lipinski definition) is 0. The summed E-state index contributed by atoms with van der Waals surface area (Å²) in [6.45, 7) is 1.83. The maximum absolute atomic E-state index is 15.0. The van der Waals surface area contributed by atoms with Gasteiger partial charge >= 0.3 is 5.97 Å². The zero-order valence-electron chi connectivity index (χ0n) is 17.6. The first kappa shape index (κ1) is 21.5. The van der Waals surface area contributed by atoms with E-state index in [1.807, 2.05) is 28.7 Å². The summed E-state index contributed by atoms with van der Waals surface area (Å²) < 4.78 is 23.0. The van der Waals surface area contributed by atoms with Gasteiger partial charge in [0.15, 0.2) is 0 Å². The summed E-state index contributed by atoms with van der Waals surface area (Å²) in [6.07, 6.45) is 5.56. The summed E-state index contributed by atoms with van der Waals surface area (Å²) in [5.74, 6) is -0.598. The zero-order valence-corrected chi connectivity index (χ0v) is 19.2. The van der Waals surface area contributed by atoms with Crippen molar-refractivity contribution in [1.29, 1.82) is 0 Å². The number of aryl methyl sites for hydroxylation is 1. The number of nitrogens with zero attached hydrogens (tertiary/aromatic N) is 3. The highest BCUT2D eigenvalue weighted by molar-refractivity contribution is 7.99. The van der Waals surface area contributed by atoms with Crippen molar-refractivity contribution in [2.24, 2.45) is 0 Å². The topological polar surface area (TPSA) is 73.6 Å². The molecule has 0 aliphatic heterocycles. The second kappa shape index (κ2) is 8.92. The Morgan fingerprint density at radius 1 is 1.21 bits per heavy atom. The molecule has 0 aliphatic rings. The van der Waals surface area contributed by atoms with Gasteiger partial charge in [-0.05, 0) is 31.2 Å². The van der Waals surface area contributed by atoms with E-state index in [-0.39, 0.29) is 17.6 Å². The van der Waals surface area contributed by atoms with Crippen molar-refractivity contribution in [1.82, 2.24) is 14.4 Å². The van der Waals surface area contributed by atoms with Crippen LogP contribution in [0.5, 0.6) is 0 Å². The third-order valence-electron chi connectivity index (χ3n) is 5.20. The first-order valence-electron chi connectivity index (χ1n) is 10.3. The Labute approximate surface area is 196 Å². The number of benzene rings is 2. The van der Waals surface area contributed by atoms with Crippen LogP contribution in [0, 0.1) is 5.82 Å². The van der Waals surface area contributed by atoms with Gasteiger partial charge in [-0.25, -0.2) is 9.18 Å². The van der Waals surface area contributed by atoms with Crippen LogP contribution in [-0.4, -0.2) is 32.7 Å². The Hall–Kier alpha value is -3.30. The van der Waals surface area contributed by atoms with Crippen molar-refractivity contribution < 1.29 is 13.9 Å². The van der Waals surface area contributed by atoms with Gasteiger partial charge in [0.25, 0.3) is 0 Å². The summed E-state index contributed by atoms with van der Waals surface area (Å²) in [4.78, 5) is 35.2. The summed E-state index contributed by atoms with van der Waals surface area (Å²) in [5.41, 5.74) is 1.64. The van der Waals surface area contributed by atoms with Crippen molar-refractivity contribution in [2.45, 2.75) is 18.2 Å². The van der Waals surface area contributed by atoms with Crippen molar-refractivity contribution in [3.05, 3.63) is 82.3 Å². The maximum atomic E-state index is 15.0. The van der Waals surface area contributed by atoms with Gasteiger partial charge in [-0.2, -0.15) is 0 Å². The summed E-state index contributed by atoms with van der Waals surface area (Å²) in [7, 11) is 0. The lowest BCUT2D eigenvalue weighted by Crippen LogP contribution is -2.20. The van der Waals surface area contributed by atoms with Gasteiger partial charge in [-0.3, -0.25) is 19.2 Å². The van der Waals surface area contributed by atoms with Crippen molar-refractivity contribution in [3.63, 3.8) is 0 Å². The molecule has 0 amide bonds. The lowest BCUT2D eigenvalue weighted by Gasteiger charge is -2.11. The van der Waals surface area contributed by atoms with E-state index in [2.05, 4.69) is 9.97 Å². The van der Waals surface area contributed by atoms with Gasteiger partial charge in [-0.15, -0.1) is 23.1 Å².